The van der Waals surface area contributed by atoms with Gasteiger partial charge in [-0.15, -0.1) is 0 Å². The van der Waals surface area contributed by atoms with Crippen LogP contribution in [0, 0.1) is 6.92 Å². The quantitative estimate of drug-likeness (QED) is 0.827. The van der Waals surface area contributed by atoms with Gasteiger partial charge < -0.3 is 5.32 Å². The third kappa shape index (κ3) is 3.99. The number of sulfonamides is 1. The standard InChI is InChI=1S/C19H19ClN2O4S/c1-13-6-8-15(9-7-13)27(25,26)22-17(10-11-18(22)23)19(24)21-12-14-4-2-3-5-16(14)20/h2-9,17H,10-12H2,1H3,(H,21,24)/t17-/m1/s1. The van der Waals surface area contributed by atoms with Crippen LogP contribution in [0.5, 0.6) is 0 Å². The Balaban J connectivity index is 1.80. The first kappa shape index (κ1) is 19.4. The molecule has 0 unspecified atom stereocenters. The third-order valence-corrected chi connectivity index (χ3v) is 6.66. The molecular formula is C19H19ClN2O4S. The zero-order valence-corrected chi connectivity index (χ0v) is 16.3. The van der Waals surface area contributed by atoms with Crippen molar-refractivity contribution in [2.24, 2.45) is 0 Å². The van der Waals surface area contributed by atoms with Crippen molar-refractivity contribution in [2.45, 2.75) is 37.2 Å². The molecule has 3 rings (SSSR count). The Labute approximate surface area is 163 Å². The number of nitrogens with one attached hydrogen (secondary N) is 1. The van der Waals surface area contributed by atoms with Crippen molar-refractivity contribution in [3.63, 3.8) is 0 Å². The summed E-state index contributed by atoms with van der Waals surface area (Å²) in [4.78, 5) is 24.8. The van der Waals surface area contributed by atoms with E-state index in [1.54, 1.807) is 36.4 Å². The van der Waals surface area contributed by atoms with Crippen LogP contribution >= 0.6 is 11.6 Å². The van der Waals surface area contributed by atoms with E-state index in [0.717, 1.165) is 5.56 Å². The highest BCUT2D eigenvalue weighted by Gasteiger charge is 2.44. The summed E-state index contributed by atoms with van der Waals surface area (Å²) in [5.74, 6) is -1.09. The third-order valence-electron chi connectivity index (χ3n) is 4.45. The number of hydrogen-bond acceptors (Lipinski definition) is 4. The van der Waals surface area contributed by atoms with Crippen molar-refractivity contribution in [3.8, 4) is 0 Å². The molecule has 142 valence electrons. The van der Waals surface area contributed by atoms with Crippen LogP contribution in [0.15, 0.2) is 53.4 Å². The van der Waals surface area contributed by atoms with Crippen molar-refractivity contribution < 1.29 is 18.0 Å². The molecule has 2 aromatic rings. The van der Waals surface area contributed by atoms with Crippen molar-refractivity contribution in [1.82, 2.24) is 9.62 Å². The highest BCUT2D eigenvalue weighted by Crippen LogP contribution is 2.27. The fourth-order valence-corrected chi connectivity index (χ4v) is 4.77. The molecule has 1 aliphatic rings. The second-order valence-corrected chi connectivity index (χ2v) is 8.59. The summed E-state index contributed by atoms with van der Waals surface area (Å²) in [6.07, 6.45) is 0.160. The predicted octanol–water partition coefficient (Wildman–Crippen LogP) is 2.64. The van der Waals surface area contributed by atoms with Gasteiger partial charge in [0.05, 0.1) is 4.90 Å². The van der Waals surface area contributed by atoms with Gasteiger partial charge in [0.15, 0.2) is 0 Å². The van der Waals surface area contributed by atoms with E-state index < -0.39 is 27.9 Å². The Kier molecular flexibility index (Phi) is 5.53. The number of benzene rings is 2. The number of nitrogens with zero attached hydrogens (tertiary/aromatic N) is 1. The first-order valence-electron chi connectivity index (χ1n) is 8.46. The Hall–Kier alpha value is -2.38. The molecule has 1 atom stereocenters. The minimum absolute atomic E-state index is 0.00717. The highest BCUT2D eigenvalue weighted by atomic mass is 35.5. The minimum atomic E-state index is -4.09. The molecule has 8 heteroatoms. The normalized spacial score (nSPS) is 17.2. The van der Waals surface area contributed by atoms with Gasteiger partial charge in [-0.2, -0.15) is 0 Å². The van der Waals surface area contributed by atoms with Crippen LogP contribution in [0.2, 0.25) is 5.02 Å². The zero-order chi connectivity index (χ0) is 19.6. The maximum Gasteiger partial charge on any atom is 0.267 e. The number of rotatable bonds is 5. The average molecular weight is 407 g/mol. The molecule has 1 fully saturated rings. The van der Waals surface area contributed by atoms with E-state index in [-0.39, 0.29) is 24.3 Å². The van der Waals surface area contributed by atoms with Crippen molar-refractivity contribution in [1.29, 1.82) is 0 Å². The monoisotopic (exact) mass is 406 g/mol. The summed E-state index contributed by atoms with van der Waals surface area (Å²) in [5.41, 5.74) is 1.61. The van der Waals surface area contributed by atoms with Gasteiger partial charge in [-0.3, -0.25) is 9.59 Å². The molecule has 0 radical (unpaired) electrons. The SMILES string of the molecule is Cc1ccc(S(=O)(=O)N2C(=O)CC[C@@H]2C(=O)NCc2ccccc2Cl)cc1. The summed E-state index contributed by atoms with van der Waals surface area (Å²) in [6, 6.07) is 12.2. The van der Waals surface area contributed by atoms with Crippen LogP contribution in [-0.4, -0.2) is 30.6 Å². The van der Waals surface area contributed by atoms with Gasteiger partial charge in [0, 0.05) is 18.0 Å². The molecule has 1 N–H and O–H groups in total. The molecule has 6 nitrogen and oxygen atoms in total. The van der Waals surface area contributed by atoms with Crippen LogP contribution in [0.3, 0.4) is 0 Å². The van der Waals surface area contributed by atoms with E-state index >= 15 is 0 Å². The lowest BCUT2D eigenvalue weighted by Gasteiger charge is -2.24. The number of carbonyl (C=O) groups excluding carboxylic acids is 2. The van der Waals surface area contributed by atoms with Gasteiger partial charge in [-0.05, 0) is 37.1 Å². The second kappa shape index (κ2) is 7.70. The maximum absolute atomic E-state index is 12.9. The summed E-state index contributed by atoms with van der Waals surface area (Å²) >= 11 is 6.07. The summed E-state index contributed by atoms with van der Waals surface area (Å²) in [5, 5.41) is 3.19. The molecule has 1 heterocycles. The average Bonchev–Trinajstić information content (AvgIpc) is 3.03. The van der Waals surface area contributed by atoms with Crippen LogP contribution < -0.4 is 5.32 Å². The van der Waals surface area contributed by atoms with Gasteiger partial charge in [-0.1, -0.05) is 47.5 Å². The summed E-state index contributed by atoms with van der Waals surface area (Å²) in [6.45, 7) is 1.99. The predicted molar refractivity (Wildman–Crippen MR) is 102 cm³/mol. The molecule has 0 saturated carbocycles. The molecule has 2 aromatic carbocycles. The molecule has 0 spiro atoms. The maximum atomic E-state index is 12.9. The fraction of sp³-hybridized carbons (Fsp3) is 0.263. The number of aryl methyl sites for hydroxylation is 1. The van der Waals surface area contributed by atoms with Crippen LogP contribution in [0.25, 0.3) is 0 Å². The van der Waals surface area contributed by atoms with Crippen LogP contribution in [0.1, 0.15) is 24.0 Å². The first-order valence-corrected chi connectivity index (χ1v) is 10.3. The summed E-state index contributed by atoms with van der Waals surface area (Å²) < 4.78 is 26.5. The summed E-state index contributed by atoms with van der Waals surface area (Å²) in [7, 11) is -4.09. The van der Waals surface area contributed by atoms with Crippen molar-refractivity contribution in [2.75, 3.05) is 0 Å². The van der Waals surface area contributed by atoms with Crippen molar-refractivity contribution >= 4 is 33.4 Å². The Morgan fingerprint density at radius 2 is 1.85 bits per heavy atom. The number of carbonyl (C=O) groups is 2. The Bertz CT molecular complexity index is 973. The van der Waals surface area contributed by atoms with Gasteiger partial charge in [0.1, 0.15) is 6.04 Å². The minimum Gasteiger partial charge on any atom is -0.350 e. The van der Waals surface area contributed by atoms with Crippen molar-refractivity contribution in [3.05, 3.63) is 64.7 Å². The largest absolute Gasteiger partial charge is 0.350 e. The Morgan fingerprint density at radius 3 is 2.52 bits per heavy atom. The van der Waals surface area contributed by atoms with E-state index in [0.29, 0.717) is 14.9 Å². The van der Waals surface area contributed by atoms with Gasteiger partial charge in [0.2, 0.25) is 11.8 Å². The molecule has 1 saturated heterocycles. The van der Waals surface area contributed by atoms with Crippen LogP contribution in [-0.2, 0) is 26.2 Å². The molecule has 1 aliphatic heterocycles. The van der Waals surface area contributed by atoms with Gasteiger partial charge in [-0.25, -0.2) is 12.7 Å². The van der Waals surface area contributed by atoms with Crippen LogP contribution in [0.4, 0.5) is 0 Å². The van der Waals surface area contributed by atoms with E-state index in [1.807, 2.05) is 6.92 Å². The number of halogens is 1. The topological polar surface area (TPSA) is 83.6 Å². The molecule has 2 amide bonds. The lowest BCUT2D eigenvalue weighted by atomic mass is 10.2. The number of hydrogen-bond donors (Lipinski definition) is 1. The molecule has 0 aliphatic carbocycles. The van der Waals surface area contributed by atoms with E-state index in [2.05, 4.69) is 5.32 Å². The smallest absolute Gasteiger partial charge is 0.267 e. The second-order valence-electron chi connectivity index (χ2n) is 6.37. The van der Waals surface area contributed by atoms with E-state index in [4.69, 9.17) is 11.6 Å². The zero-order valence-electron chi connectivity index (χ0n) is 14.7. The van der Waals surface area contributed by atoms with Gasteiger partial charge in [0.25, 0.3) is 10.0 Å². The van der Waals surface area contributed by atoms with E-state index in [9.17, 15) is 18.0 Å². The molecule has 0 aromatic heterocycles. The number of amides is 2. The van der Waals surface area contributed by atoms with E-state index in [1.165, 1.54) is 12.1 Å². The first-order chi connectivity index (χ1) is 12.8. The lowest BCUT2D eigenvalue weighted by molar-refractivity contribution is -0.130. The molecule has 27 heavy (non-hydrogen) atoms. The molecule has 0 bridgehead atoms. The van der Waals surface area contributed by atoms with Gasteiger partial charge >= 0.3 is 0 Å². The Morgan fingerprint density at radius 1 is 1.19 bits per heavy atom. The lowest BCUT2D eigenvalue weighted by Crippen LogP contribution is -2.47. The molecular weight excluding hydrogens is 388 g/mol. The fourth-order valence-electron chi connectivity index (χ4n) is 2.97. The highest BCUT2D eigenvalue weighted by molar-refractivity contribution is 7.89.